The van der Waals surface area contributed by atoms with Crippen molar-refractivity contribution in [1.82, 2.24) is 4.98 Å². The van der Waals surface area contributed by atoms with Crippen LogP contribution in [0.25, 0.3) is 0 Å². The Balaban J connectivity index is 1.81. The lowest BCUT2D eigenvalue weighted by molar-refractivity contribution is -0.110. The minimum Gasteiger partial charge on any atom is -0.392 e. The van der Waals surface area contributed by atoms with Gasteiger partial charge in [0, 0.05) is 18.9 Å². The average Bonchev–Trinajstić information content (AvgIpc) is 3.48. The van der Waals surface area contributed by atoms with E-state index in [0.29, 0.717) is 30.1 Å². The molecule has 0 saturated heterocycles. The summed E-state index contributed by atoms with van der Waals surface area (Å²) in [7, 11) is -1.77. The Hall–Kier alpha value is -2.34. The second kappa shape index (κ2) is 9.65. The van der Waals surface area contributed by atoms with Crippen LogP contribution in [-0.2, 0) is 30.8 Å². The van der Waals surface area contributed by atoms with E-state index in [2.05, 4.69) is 15.5 Å². The maximum Gasteiger partial charge on any atom is 0.280 e. The number of thiazole rings is 1. The molecular formula is C19H23N3O6S2. The number of hydrogen-bond donors (Lipinski definition) is 2. The van der Waals surface area contributed by atoms with Crippen molar-refractivity contribution in [2.75, 3.05) is 19.0 Å². The average molecular weight is 454 g/mol. The fourth-order valence-electron chi connectivity index (χ4n) is 2.54. The van der Waals surface area contributed by atoms with E-state index in [0.717, 1.165) is 4.88 Å². The molecule has 2 aromatic rings. The van der Waals surface area contributed by atoms with Gasteiger partial charge in [-0.3, -0.25) is 10.1 Å². The smallest absolute Gasteiger partial charge is 0.280 e. The van der Waals surface area contributed by atoms with Crippen molar-refractivity contribution < 1.29 is 27.9 Å². The number of nitrogens with one attached hydrogen (secondary N) is 1. The number of sulfone groups is 1. The third kappa shape index (κ3) is 5.63. The molecule has 11 heteroatoms. The number of aliphatic hydroxyl groups is 1. The highest BCUT2D eigenvalue weighted by Crippen LogP contribution is 2.33. The Kier molecular flexibility index (Phi) is 7.19. The van der Waals surface area contributed by atoms with Crippen LogP contribution in [0.5, 0.6) is 0 Å². The Bertz CT molecular complexity index is 1010. The molecule has 1 fully saturated rings. The van der Waals surface area contributed by atoms with E-state index in [-0.39, 0.29) is 22.5 Å². The van der Waals surface area contributed by atoms with Gasteiger partial charge in [0.1, 0.15) is 6.61 Å². The van der Waals surface area contributed by atoms with E-state index in [9.17, 15) is 18.3 Å². The maximum atomic E-state index is 12.8. The molecule has 0 bridgehead atoms. The van der Waals surface area contributed by atoms with Gasteiger partial charge in [0.2, 0.25) is 0 Å². The Labute approximate surface area is 178 Å². The molecule has 9 nitrogen and oxygen atoms in total. The lowest BCUT2D eigenvalue weighted by Crippen LogP contribution is -2.25. The van der Waals surface area contributed by atoms with Crippen molar-refractivity contribution in [3.8, 4) is 0 Å². The third-order valence-electron chi connectivity index (χ3n) is 4.17. The van der Waals surface area contributed by atoms with Gasteiger partial charge in [-0.25, -0.2) is 13.4 Å². The molecule has 1 amide bonds. The van der Waals surface area contributed by atoms with Crippen molar-refractivity contribution in [3.05, 3.63) is 40.9 Å². The number of amides is 1. The number of ether oxygens (including phenoxy) is 1. The molecule has 0 radical (unpaired) electrons. The first-order valence-corrected chi connectivity index (χ1v) is 11.6. The van der Waals surface area contributed by atoms with Crippen molar-refractivity contribution >= 4 is 37.9 Å². The van der Waals surface area contributed by atoms with Crippen LogP contribution < -0.4 is 5.32 Å². The molecule has 1 aliphatic rings. The van der Waals surface area contributed by atoms with Crippen molar-refractivity contribution in [2.45, 2.75) is 42.6 Å². The first-order valence-electron chi connectivity index (χ1n) is 9.28. The lowest BCUT2D eigenvalue weighted by atomic mass is 10.1. The third-order valence-corrected chi connectivity index (χ3v) is 7.33. The number of carbonyl (C=O) groups is 1. The van der Waals surface area contributed by atoms with Crippen LogP contribution in [0.4, 0.5) is 5.13 Å². The summed E-state index contributed by atoms with van der Waals surface area (Å²) in [6.07, 6.45) is 2.18. The normalized spacial score (nSPS) is 15.6. The van der Waals surface area contributed by atoms with Crippen molar-refractivity contribution in [1.29, 1.82) is 0 Å². The summed E-state index contributed by atoms with van der Waals surface area (Å²) in [6, 6.07) is 5.94. The van der Waals surface area contributed by atoms with Crippen LogP contribution in [0.15, 0.2) is 40.5 Å². The zero-order chi connectivity index (χ0) is 21.7. The van der Waals surface area contributed by atoms with Crippen LogP contribution in [0, 0.1) is 0 Å². The molecule has 0 spiro atoms. The highest BCUT2D eigenvalue weighted by Gasteiger charge is 2.36. The Morgan fingerprint density at radius 3 is 2.67 bits per heavy atom. The molecule has 1 saturated carbocycles. The maximum absolute atomic E-state index is 12.8. The summed E-state index contributed by atoms with van der Waals surface area (Å²) in [4.78, 5) is 23.0. The Morgan fingerprint density at radius 1 is 1.37 bits per heavy atom. The largest absolute Gasteiger partial charge is 0.392 e. The van der Waals surface area contributed by atoms with Crippen LogP contribution in [0.3, 0.4) is 0 Å². The van der Waals surface area contributed by atoms with Gasteiger partial charge in [-0.2, -0.15) is 0 Å². The second-order valence-electron chi connectivity index (χ2n) is 6.87. The molecule has 30 heavy (non-hydrogen) atoms. The molecule has 3 rings (SSSR count). The topological polar surface area (TPSA) is 127 Å². The van der Waals surface area contributed by atoms with E-state index in [1.807, 2.05) is 0 Å². The molecule has 1 atom stereocenters. The van der Waals surface area contributed by atoms with E-state index in [1.54, 1.807) is 13.3 Å². The Morgan fingerprint density at radius 2 is 2.07 bits per heavy atom. The van der Waals surface area contributed by atoms with Gasteiger partial charge >= 0.3 is 0 Å². The molecule has 1 heterocycles. The van der Waals surface area contributed by atoms with Crippen LogP contribution in [0.2, 0.25) is 0 Å². The summed E-state index contributed by atoms with van der Waals surface area (Å²) in [5.74, 6) is -0.572. The number of hydrogen-bond acceptors (Lipinski definition) is 9. The number of aromatic nitrogens is 1. The van der Waals surface area contributed by atoms with Gasteiger partial charge in [-0.15, -0.1) is 0 Å². The van der Waals surface area contributed by atoms with Crippen molar-refractivity contribution in [2.24, 2.45) is 5.16 Å². The van der Waals surface area contributed by atoms with Gasteiger partial charge in [0.05, 0.1) is 27.7 Å². The van der Waals surface area contributed by atoms with Gasteiger partial charge in [0.25, 0.3) is 5.91 Å². The molecular weight excluding hydrogens is 430 g/mol. The van der Waals surface area contributed by atoms with Gasteiger partial charge in [-0.1, -0.05) is 28.6 Å². The summed E-state index contributed by atoms with van der Waals surface area (Å²) >= 11 is 1.26. The number of rotatable bonds is 10. The molecule has 1 aliphatic carbocycles. The quantitative estimate of drug-likeness (QED) is 0.416. The van der Waals surface area contributed by atoms with Gasteiger partial charge in [-0.05, 0) is 31.9 Å². The van der Waals surface area contributed by atoms with Gasteiger partial charge < -0.3 is 14.7 Å². The fourth-order valence-corrected chi connectivity index (χ4v) is 4.98. The summed E-state index contributed by atoms with van der Waals surface area (Å²) in [5, 5.41) is 15.9. The number of nitrogens with zero attached hydrogens (tertiary/aromatic N) is 2. The first kappa shape index (κ1) is 22.3. The number of methoxy groups -OCH3 is 1. The SMILES string of the molecule is COCc1cnc(NC(=O)/C(=N/OC[C@@H](C)O)c2ccc(S(=O)(=O)C3CC3)cc2)s1. The molecule has 0 unspecified atom stereocenters. The number of anilines is 1. The fraction of sp³-hybridized carbons (Fsp3) is 0.421. The monoisotopic (exact) mass is 453 g/mol. The predicted octanol–water partition coefficient (Wildman–Crippen LogP) is 1.97. The van der Waals surface area contributed by atoms with E-state index in [4.69, 9.17) is 9.57 Å². The first-order chi connectivity index (χ1) is 14.3. The molecule has 2 N–H and O–H groups in total. The molecule has 1 aromatic carbocycles. The van der Waals surface area contributed by atoms with Crippen LogP contribution >= 0.6 is 11.3 Å². The summed E-state index contributed by atoms with van der Waals surface area (Å²) < 4.78 is 29.8. The zero-order valence-electron chi connectivity index (χ0n) is 16.6. The van der Waals surface area contributed by atoms with Crippen molar-refractivity contribution in [3.63, 3.8) is 0 Å². The van der Waals surface area contributed by atoms with E-state index in [1.165, 1.54) is 42.5 Å². The number of oxime groups is 1. The predicted molar refractivity (Wildman–Crippen MR) is 112 cm³/mol. The lowest BCUT2D eigenvalue weighted by Gasteiger charge is -2.09. The minimum absolute atomic E-state index is 0.0606. The summed E-state index contributed by atoms with van der Waals surface area (Å²) in [6.45, 7) is 1.81. The highest BCUT2D eigenvalue weighted by molar-refractivity contribution is 7.92. The number of benzene rings is 1. The standard InChI is InChI=1S/C19H23N3O6S2/c1-12(23)10-28-22-17(18(24)21-19-20-9-14(29-19)11-27-2)13-3-5-15(6-4-13)30(25,26)16-7-8-16/h3-6,9,12,16,23H,7-8,10-11H2,1-2H3,(H,20,21,24)/b22-17+/t12-/m1/s1. The molecule has 0 aliphatic heterocycles. The number of carbonyl (C=O) groups excluding carboxylic acids is 1. The van der Waals surface area contributed by atoms with Crippen LogP contribution in [-0.4, -0.2) is 55.2 Å². The van der Waals surface area contributed by atoms with E-state index >= 15 is 0 Å². The van der Waals surface area contributed by atoms with E-state index < -0.39 is 21.8 Å². The van der Waals surface area contributed by atoms with Crippen LogP contribution in [0.1, 0.15) is 30.2 Å². The zero-order valence-corrected chi connectivity index (χ0v) is 18.2. The minimum atomic E-state index is -3.33. The summed E-state index contributed by atoms with van der Waals surface area (Å²) in [5.41, 5.74) is 0.316. The molecule has 1 aromatic heterocycles. The highest BCUT2D eigenvalue weighted by atomic mass is 32.2. The molecule has 162 valence electrons. The van der Waals surface area contributed by atoms with Gasteiger partial charge in [0.15, 0.2) is 20.7 Å². The second-order valence-corrected chi connectivity index (χ2v) is 10.2. The number of aliphatic hydroxyl groups excluding tert-OH is 1.